The summed E-state index contributed by atoms with van der Waals surface area (Å²) in [5.41, 5.74) is -1.52. The summed E-state index contributed by atoms with van der Waals surface area (Å²) in [4.78, 5) is 25.0. The fourth-order valence-electron chi connectivity index (χ4n) is 1.53. The summed E-state index contributed by atoms with van der Waals surface area (Å²) in [6.45, 7) is 1.15. The normalized spacial score (nSPS) is 10.8. The molecule has 0 aliphatic rings. The van der Waals surface area contributed by atoms with Crippen LogP contribution >= 0.6 is 0 Å². The van der Waals surface area contributed by atoms with Crippen LogP contribution in [-0.2, 0) is 0 Å². The second kappa shape index (κ2) is 3.73. The van der Waals surface area contributed by atoms with E-state index in [1.54, 1.807) is 0 Å². The van der Waals surface area contributed by atoms with E-state index in [4.69, 9.17) is 0 Å². The van der Waals surface area contributed by atoms with E-state index in [1.165, 1.54) is 0 Å². The number of Topliss-reactive ketones (excluding diaryl/α,β-unsaturated/α-hetero) is 1. The van der Waals surface area contributed by atoms with Crippen molar-refractivity contribution in [2.75, 3.05) is 0 Å². The van der Waals surface area contributed by atoms with E-state index in [-0.39, 0.29) is 5.56 Å². The lowest BCUT2D eigenvalue weighted by atomic mass is 10.1. The summed E-state index contributed by atoms with van der Waals surface area (Å²) >= 11 is 0. The third-order valence-corrected chi connectivity index (χ3v) is 2.39. The molecular formula is C11H6F3NO2. The van der Waals surface area contributed by atoms with Crippen LogP contribution in [0.1, 0.15) is 17.3 Å². The monoisotopic (exact) mass is 241 g/mol. The molecule has 2 aromatic rings. The molecule has 0 aliphatic heterocycles. The van der Waals surface area contributed by atoms with E-state index < -0.39 is 39.6 Å². The molecule has 0 spiro atoms. The van der Waals surface area contributed by atoms with E-state index in [9.17, 15) is 22.8 Å². The first kappa shape index (κ1) is 11.4. The predicted octanol–water partition coefficient (Wildman–Crippen LogP) is 2.15. The van der Waals surface area contributed by atoms with Gasteiger partial charge in [-0.25, -0.2) is 13.2 Å². The van der Waals surface area contributed by atoms with Crippen LogP contribution in [0.4, 0.5) is 13.2 Å². The van der Waals surface area contributed by atoms with Crippen molar-refractivity contribution in [1.29, 1.82) is 0 Å². The molecule has 17 heavy (non-hydrogen) atoms. The van der Waals surface area contributed by atoms with E-state index in [0.29, 0.717) is 6.07 Å². The van der Waals surface area contributed by atoms with Gasteiger partial charge >= 0.3 is 0 Å². The van der Waals surface area contributed by atoms with Gasteiger partial charge in [-0.05, 0) is 13.0 Å². The van der Waals surface area contributed by atoms with Gasteiger partial charge in [-0.15, -0.1) is 0 Å². The van der Waals surface area contributed by atoms with Crippen molar-refractivity contribution in [3.05, 3.63) is 45.5 Å². The fraction of sp³-hybridized carbons (Fsp3) is 0.0909. The molecule has 88 valence electrons. The van der Waals surface area contributed by atoms with Gasteiger partial charge in [0.05, 0.1) is 16.5 Å². The molecule has 0 unspecified atom stereocenters. The second-order valence-corrected chi connectivity index (χ2v) is 3.50. The highest BCUT2D eigenvalue weighted by Gasteiger charge is 2.17. The summed E-state index contributed by atoms with van der Waals surface area (Å²) in [5, 5.41) is -0.394. The number of benzene rings is 1. The van der Waals surface area contributed by atoms with E-state index in [2.05, 4.69) is 4.98 Å². The van der Waals surface area contributed by atoms with Crippen molar-refractivity contribution in [3.8, 4) is 0 Å². The number of hydrogen-bond acceptors (Lipinski definition) is 2. The van der Waals surface area contributed by atoms with Crippen LogP contribution in [0.15, 0.2) is 17.1 Å². The molecule has 1 heterocycles. The maximum absolute atomic E-state index is 13.3. The van der Waals surface area contributed by atoms with Gasteiger partial charge in [0.1, 0.15) is 0 Å². The van der Waals surface area contributed by atoms with Gasteiger partial charge in [0, 0.05) is 6.20 Å². The minimum absolute atomic E-state index is 0.233. The molecule has 0 radical (unpaired) electrons. The van der Waals surface area contributed by atoms with E-state index >= 15 is 0 Å². The van der Waals surface area contributed by atoms with Crippen molar-refractivity contribution in [2.24, 2.45) is 0 Å². The first-order valence-electron chi connectivity index (χ1n) is 4.63. The molecule has 2 rings (SSSR count). The minimum atomic E-state index is -1.66. The van der Waals surface area contributed by atoms with Gasteiger partial charge in [0.25, 0.3) is 0 Å². The van der Waals surface area contributed by atoms with Crippen LogP contribution in [-0.4, -0.2) is 10.8 Å². The Hall–Kier alpha value is -2.11. The Labute approximate surface area is 92.9 Å². The molecular weight excluding hydrogens is 235 g/mol. The molecule has 1 aromatic carbocycles. The molecule has 0 bridgehead atoms. The van der Waals surface area contributed by atoms with Crippen molar-refractivity contribution < 1.29 is 18.0 Å². The van der Waals surface area contributed by atoms with Crippen LogP contribution in [0, 0.1) is 17.5 Å². The number of aromatic nitrogens is 1. The molecule has 0 saturated heterocycles. The van der Waals surface area contributed by atoms with E-state index in [1.807, 2.05) is 0 Å². The number of rotatable bonds is 1. The number of fused-ring (bicyclic) bond motifs is 1. The van der Waals surface area contributed by atoms with Crippen molar-refractivity contribution in [2.45, 2.75) is 6.92 Å². The molecule has 1 N–H and O–H groups in total. The predicted molar refractivity (Wildman–Crippen MR) is 54.4 cm³/mol. The topological polar surface area (TPSA) is 49.9 Å². The number of H-pyrrole nitrogens is 1. The van der Waals surface area contributed by atoms with Gasteiger partial charge in [0.2, 0.25) is 0 Å². The van der Waals surface area contributed by atoms with Crippen molar-refractivity contribution >= 4 is 16.7 Å². The number of hydrogen-bond donors (Lipinski definition) is 1. The average molecular weight is 241 g/mol. The highest BCUT2D eigenvalue weighted by atomic mass is 19.2. The van der Waals surface area contributed by atoms with Gasteiger partial charge in [0.15, 0.2) is 28.7 Å². The smallest absolute Gasteiger partial charge is 0.200 e. The molecule has 0 fully saturated rings. The molecule has 0 amide bonds. The number of carbonyl (C=O) groups is 1. The maximum Gasteiger partial charge on any atom is 0.200 e. The van der Waals surface area contributed by atoms with Gasteiger partial charge in [-0.2, -0.15) is 0 Å². The highest BCUT2D eigenvalue weighted by molar-refractivity contribution is 5.97. The largest absolute Gasteiger partial charge is 0.358 e. The standard InChI is InChI=1S/C11H6F3NO2/c1-4(16)6-3-15-10-5(11(6)17)2-7(12)8(13)9(10)14/h2-3H,1H3,(H,15,17). The summed E-state index contributed by atoms with van der Waals surface area (Å²) in [7, 11) is 0. The zero-order valence-corrected chi connectivity index (χ0v) is 8.61. The zero-order chi connectivity index (χ0) is 12.7. The Morgan fingerprint density at radius 2 is 1.88 bits per heavy atom. The highest BCUT2D eigenvalue weighted by Crippen LogP contribution is 2.19. The Kier molecular flexibility index (Phi) is 2.49. The lowest BCUT2D eigenvalue weighted by Gasteiger charge is -2.03. The average Bonchev–Trinajstić information content (AvgIpc) is 2.27. The Balaban J connectivity index is 2.98. The Morgan fingerprint density at radius 3 is 2.47 bits per heavy atom. The summed E-state index contributed by atoms with van der Waals surface area (Å²) in [6.07, 6.45) is 0.980. The maximum atomic E-state index is 13.3. The number of halogens is 3. The second-order valence-electron chi connectivity index (χ2n) is 3.50. The molecule has 0 aliphatic carbocycles. The quantitative estimate of drug-likeness (QED) is 0.614. The Bertz CT molecular complexity index is 691. The lowest BCUT2D eigenvalue weighted by molar-refractivity contribution is 0.101. The van der Waals surface area contributed by atoms with Crippen molar-refractivity contribution in [3.63, 3.8) is 0 Å². The first-order valence-corrected chi connectivity index (χ1v) is 4.63. The molecule has 6 heteroatoms. The minimum Gasteiger partial charge on any atom is -0.358 e. The van der Waals surface area contributed by atoms with Gasteiger partial charge < -0.3 is 4.98 Å². The van der Waals surface area contributed by atoms with Crippen LogP contribution in [0.3, 0.4) is 0 Å². The fourth-order valence-corrected chi connectivity index (χ4v) is 1.53. The van der Waals surface area contributed by atoms with Crippen LogP contribution in [0.2, 0.25) is 0 Å². The lowest BCUT2D eigenvalue weighted by Crippen LogP contribution is -2.15. The number of pyridine rings is 1. The number of aromatic amines is 1. The SMILES string of the molecule is CC(=O)c1c[nH]c2c(F)c(F)c(F)cc2c1=O. The number of nitrogens with one attached hydrogen (secondary N) is 1. The molecule has 1 aromatic heterocycles. The van der Waals surface area contributed by atoms with Gasteiger partial charge in [-0.1, -0.05) is 0 Å². The third-order valence-electron chi connectivity index (χ3n) is 2.39. The zero-order valence-electron chi connectivity index (χ0n) is 8.61. The summed E-state index contributed by atoms with van der Waals surface area (Å²) in [5.74, 6) is -5.16. The third kappa shape index (κ3) is 1.61. The molecule has 3 nitrogen and oxygen atoms in total. The summed E-state index contributed by atoms with van der Waals surface area (Å²) in [6, 6.07) is 0.568. The number of ketones is 1. The first-order chi connectivity index (χ1) is 7.93. The Morgan fingerprint density at radius 1 is 1.24 bits per heavy atom. The molecule has 0 atom stereocenters. The van der Waals surface area contributed by atoms with Gasteiger partial charge in [-0.3, -0.25) is 9.59 Å². The summed E-state index contributed by atoms with van der Waals surface area (Å²) < 4.78 is 39.2. The molecule has 0 saturated carbocycles. The van der Waals surface area contributed by atoms with Crippen LogP contribution < -0.4 is 5.43 Å². The van der Waals surface area contributed by atoms with Crippen molar-refractivity contribution in [1.82, 2.24) is 4.98 Å². The van der Waals surface area contributed by atoms with Crippen LogP contribution in [0.5, 0.6) is 0 Å². The van der Waals surface area contributed by atoms with Crippen LogP contribution in [0.25, 0.3) is 10.9 Å². The van der Waals surface area contributed by atoms with E-state index in [0.717, 1.165) is 13.1 Å². The number of carbonyl (C=O) groups excluding carboxylic acids is 1.